The van der Waals surface area contributed by atoms with Crippen LogP contribution < -0.4 is 14.5 Å². The van der Waals surface area contributed by atoms with E-state index in [1.165, 1.54) is 6.07 Å². The lowest BCUT2D eigenvalue weighted by Gasteiger charge is -2.36. The molecule has 2 aliphatic rings. The van der Waals surface area contributed by atoms with Gasteiger partial charge in [-0.25, -0.2) is 14.4 Å². The Morgan fingerprint density at radius 3 is 2.53 bits per heavy atom. The van der Waals surface area contributed by atoms with Crippen LogP contribution in [0.4, 0.5) is 15.9 Å². The Morgan fingerprint density at radius 2 is 1.81 bits per heavy atom. The van der Waals surface area contributed by atoms with Gasteiger partial charge in [0, 0.05) is 51.1 Å². The van der Waals surface area contributed by atoms with E-state index in [0.29, 0.717) is 6.54 Å². The first-order valence-electron chi connectivity index (χ1n) is 10.8. The van der Waals surface area contributed by atoms with Crippen molar-refractivity contribution in [2.45, 2.75) is 26.5 Å². The average molecular weight is 436 g/mol. The molecular weight excluding hydrogens is 409 g/mol. The molecule has 2 aromatic heterocycles. The van der Waals surface area contributed by atoms with Gasteiger partial charge in [-0.05, 0) is 31.5 Å². The predicted molar refractivity (Wildman–Crippen MR) is 121 cm³/mol. The summed E-state index contributed by atoms with van der Waals surface area (Å²) in [6.07, 6.45) is 5.40. The molecule has 0 radical (unpaired) electrons. The molecule has 0 atom stereocenters. The second-order valence-corrected chi connectivity index (χ2v) is 8.38. The zero-order valence-electron chi connectivity index (χ0n) is 18.5. The second kappa shape index (κ2) is 8.22. The van der Waals surface area contributed by atoms with Gasteiger partial charge in [0.2, 0.25) is 0 Å². The molecule has 0 unspecified atom stereocenters. The second-order valence-electron chi connectivity index (χ2n) is 8.38. The molecule has 0 amide bonds. The number of piperazine rings is 1. The van der Waals surface area contributed by atoms with Crippen LogP contribution in [-0.2, 0) is 13.6 Å². The van der Waals surface area contributed by atoms with Crippen molar-refractivity contribution in [1.82, 2.24) is 19.7 Å². The average Bonchev–Trinajstić information content (AvgIpc) is 3.40. The Balaban J connectivity index is 1.35. The highest BCUT2D eigenvalue weighted by atomic mass is 19.1. The van der Waals surface area contributed by atoms with Crippen LogP contribution in [0.25, 0.3) is 0 Å². The first kappa shape index (κ1) is 20.4. The summed E-state index contributed by atoms with van der Waals surface area (Å²) in [5.74, 6) is 0.760. The first-order valence-corrected chi connectivity index (χ1v) is 10.8. The molecule has 32 heavy (non-hydrogen) atoms. The maximum absolute atomic E-state index is 14.4. The number of fused-ring (bicyclic) bond motifs is 1. The number of benzene rings is 1. The predicted octanol–water partition coefficient (Wildman–Crippen LogP) is 2.81. The normalized spacial score (nSPS) is 15.8. The largest absolute Gasteiger partial charge is 0.488 e. The molecule has 0 N–H and O–H groups in total. The monoisotopic (exact) mass is 435 g/mol. The summed E-state index contributed by atoms with van der Waals surface area (Å²) in [6, 6.07) is 5.23. The van der Waals surface area contributed by atoms with Crippen molar-refractivity contribution in [2.24, 2.45) is 12.0 Å². The number of aromatic nitrogens is 4. The molecule has 0 spiro atoms. The number of nitrogens with zero attached hydrogens (tertiary/aromatic N) is 7. The molecule has 3 aromatic rings. The smallest absolute Gasteiger partial charge is 0.165 e. The number of rotatable bonds is 5. The molecule has 0 aliphatic carbocycles. The maximum atomic E-state index is 14.4. The van der Waals surface area contributed by atoms with Crippen molar-refractivity contribution < 1.29 is 9.13 Å². The van der Waals surface area contributed by atoms with Crippen molar-refractivity contribution in [2.75, 3.05) is 36.0 Å². The summed E-state index contributed by atoms with van der Waals surface area (Å²) in [5, 5.41) is 4.27. The van der Waals surface area contributed by atoms with Gasteiger partial charge >= 0.3 is 0 Å². The molecule has 8 nitrogen and oxygen atoms in total. The maximum Gasteiger partial charge on any atom is 0.165 e. The summed E-state index contributed by atoms with van der Waals surface area (Å²) in [5.41, 5.74) is 4.35. The van der Waals surface area contributed by atoms with E-state index < -0.39 is 0 Å². The molecule has 1 aromatic carbocycles. The van der Waals surface area contributed by atoms with Crippen LogP contribution in [-0.4, -0.2) is 57.7 Å². The summed E-state index contributed by atoms with van der Waals surface area (Å²) in [6.45, 7) is 7.69. The van der Waals surface area contributed by atoms with Gasteiger partial charge in [0.25, 0.3) is 0 Å². The number of hydrogen-bond acceptors (Lipinski definition) is 7. The lowest BCUT2D eigenvalue weighted by atomic mass is 10.0. The van der Waals surface area contributed by atoms with Crippen molar-refractivity contribution in [3.8, 4) is 5.75 Å². The van der Waals surface area contributed by atoms with Gasteiger partial charge in [-0.3, -0.25) is 9.67 Å². The number of halogens is 1. The van der Waals surface area contributed by atoms with Crippen LogP contribution in [0.1, 0.15) is 30.7 Å². The van der Waals surface area contributed by atoms with Gasteiger partial charge < -0.3 is 14.5 Å². The summed E-state index contributed by atoms with van der Waals surface area (Å²) in [4.78, 5) is 18.2. The van der Waals surface area contributed by atoms with E-state index in [1.807, 2.05) is 44.0 Å². The minimum Gasteiger partial charge on any atom is -0.488 e. The molecule has 1 fully saturated rings. The summed E-state index contributed by atoms with van der Waals surface area (Å²) in [7, 11) is 1.93. The van der Waals surface area contributed by atoms with Crippen LogP contribution in [0.3, 0.4) is 0 Å². The number of hydrogen-bond donors (Lipinski definition) is 0. The molecule has 1 saturated heterocycles. The van der Waals surface area contributed by atoms with Gasteiger partial charge in [0.1, 0.15) is 12.1 Å². The lowest BCUT2D eigenvalue weighted by molar-refractivity contribution is 0.231. The highest BCUT2D eigenvalue weighted by Gasteiger charge is 2.24. The quantitative estimate of drug-likeness (QED) is 0.614. The highest BCUT2D eigenvalue weighted by molar-refractivity contribution is 6.14. The first-order chi connectivity index (χ1) is 15.5. The SMILES string of the molecule is CC(C)Oc1cc2c(cc1F)CN=C2c1cc(N2CCN(c3cnn(C)c3)CC2)ncn1. The molecule has 0 bridgehead atoms. The molecule has 2 aliphatic heterocycles. The number of aryl methyl sites for hydroxylation is 1. The van der Waals surface area contributed by atoms with Crippen molar-refractivity contribution in [1.29, 1.82) is 0 Å². The highest BCUT2D eigenvalue weighted by Crippen LogP contribution is 2.30. The Kier molecular flexibility index (Phi) is 5.24. The third-order valence-corrected chi connectivity index (χ3v) is 5.74. The van der Waals surface area contributed by atoms with Crippen LogP contribution >= 0.6 is 0 Å². The Bertz CT molecular complexity index is 1160. The molecular formula is C23H26FN7O. The minimum absolute atomic E-state index is 0.111. The van der Waals surface area contributed by atoms with E-state index in [0.717, 1.165) is 60.2 Å². The van der Waals surface area contributed by atoms with Gasteiger partial charge in [-0.2, -0.15) is 5.10 Å². The Morgan fingerprint density at radius 1 is 1.03 bits per heavy atom. The third kappa shape index (κ3) is 3.90. The number of ether oxygens (including phenoxy) is 1. The van der Waals surface area contributed by atoms with E-state index in [9.17, 15) is 4.39 Å². The van der Waals surface area contributed by atoms with E-state index >= 15 is 0 Å². The van der Waals surface area contributed by atoms with Crippen LogP contribution in [0, 0.1) is 5.82 Å². The van der Waals surface area contributed by atoms with Crippen molar-refractivity contribution >= 4 is 17.2 Å². The van der Waals surface area contributed by atoms with Crippen molar-refractivity contribution in [3.63, 3.8) is 0 Å². The van der Waals surface area contributed by atoms with Crippen molar-refractivity contribution in [3.05, 3.63) is 59.6 Å². The van der Waals surface area contributed by atoms with E-state index in [4.69, 9.17) is 4.74 Å². The molecule has 9 heteroatoms. The van der Waals surface area contributed by atoms with Crippen LogP contribution in [0.15, 0.2) is 41.9 Å². The molecule has 166 valence electrons. The zero-order chi connectivity index (χ0) is 22.2. The number of anilines is 2. The van der Waals surface area contributed by atoms with E-state index in [1.54, 1.807) is 12.4 Å². The fourth-order valence-electron chi connectivity index (χ4n) is 4.17. The lowest BCUT2D eigenvalue weighted by Crippen LogP contribution is -2.46. The number of aliphatic imine (C=N–C) groups is 1. The minimum atomic E-state index is -0.358. The molecule has 4 heterocycles. The zero-order valence-corrected chi connectivity index (χ0v) is 18.5. The molecule has 0 saturated carbocycles. The third-order valence-electron chi connectivity index (χ3n) is 5.74. The Hall–Kier alpha value is -3.49. The van der Waals surface area contributed by atoms with Crippen LogP contribution in [0.5, 0.6) is 5.75 Å². The van der Waals surface area contributed by atoms with Gasteiger partial charge in [-0.1, -0.05) is 0 Å². The summed E-state index contributed by atoms with van der Waals surface area (Å²) < 4.78 is 21.8. The Labute approximate surface area is 186 Å². The van der Waals surface area contributed by atoms with Gasteiger partial charge in [0.15, 0.2) is 11.6 Å². The van der Waals surface area contributed by atoms with E-state index in [-0.39, 0.29) is 17.7 Å². The fourth-order valence-corrected chi connectivity index (χ4v) is 4.17. The standard InChI is InChI=1S/C23H26FN7O/c1-15(2)32-21-9-18-16(8-19(21)24)11-25-23(18)20-10-22(27-14-26-20)31-6-4-30(5-7-31)17-12-28-29(3)13-17/h8-10,12-15H,4-7,11H2,1-3H3. The van der Waals surface area contributed by atoms with E-state index in [2.05, 4.69) is 29.9 Å². The van der Waals surface area contributed by atoms with Crippen LogP contribution in [0.2, 0.25) is 0 Å². The molecule has 5 rings (SSSR count). The van der Waals surface area contributed by atoms with Gasteiger partial charge in [-0.15, -0.1) is 0 Å². The topological polar surface area (TPSA) is 71.7 Å². The fraction of sp³-hybridized carbons (Fsp3) is 0.391. The summed E-state index contributed by atoms with van der Waals surface area (Å²) >= 11 is 0. The van der Waals surface area contributed by atoms with Gasteiger partial charge in [0.05, 0.1) is 35.9 Å².